The van der Waals surface area contributed by atoms with E-state index in [0.29, 0.717) is 12.1 Å². The van der Waals surface area contributed by atoms with Crippen molar-refractivity contribution in [3.8, 4) is 0 Å². The van der Waals surface area contributed by atoms with Gasteiger partial charge in [-0.3, -0.25) is 10.1 Å². The number of rotatable bonds is 5. The maximum absolute atomic E-state index is 10.8. The Morgan fingerprint density at radius 1 is 1.27 bits per heavy atom. The van der Waals surface area contributed by atoms with Crippen LogP contribution in [0.5, 0.6) is 0 Å². The third-order valence-electron chi connectivity index (χ3n) is 4.34. The van der Waals surface area contributed by atoms with Gasteiger partial charge in [-0.2, -0.15) is 0 Å². The van der Waals surface area contributed by atoms with Crippen molar-refractivity contribution in [1.29, 1.82) is 0 Å². The van der Waals surface area contributed by atoms with Gasteiger partial charge in [0.1, 0.15) is 5.82 Å². The Labute approximate surface area is 156 Å². The van der Waals surface area contributed by atoms with Gasteiger partial charge in [0.05, 0.1) is 22.5 Å². The Morgan fingerprint density at radius 2 is 1.92 bits per heavy atom. The van der Waals surface area contributed by atoms with Crippen LogP contribution in [0.3, 0.4) is 0 Å². The molecule has 0 saturated carbocycles. The molecule has 1 aliphatic rings. The first-order valence-corrected chi connectivity index (χ1v) is 9.66. The van der Waals surface area contributed by atoms with E-state index in [0.717, 1.165) is 36.9 Å². The largest absolute Gasteiger partial charge is 0.330 e. The Kier molecular flexibility index (Phi) is 9.83. The molecule has 2 N–H and O–H groups in total. The smallest absolute Gasteiger partial charge is 0.271 e. The van der Waals surface area contributed by atoms with Gasteiger partial charge < -0.3 is 15.2 Å². The molecule has 0 atom stereocenters. The van der Waals surface area contributed by atoms with Crippen molar-refractivity contribution in [3.05, 3.63) is 34.1 Å². The van der Waals surface area contributed by atoms with E-state index in [4.69, 9.17) is 0 Å². The molecule has 7 nitrogen and oxygen atoms in total. The van der Waals surface area contributed by atoms with E-state index in [1.54, 1.807) is 6.07 Å². The van der Waals surface area contributed by atoms with E-state index in [2.05, 4.69) is 15.6 Å². The number of hydrogen-bond acceptors (Lipinski definition) is 5. The Morgan fingerprint density at radius 3 is 2.54 bits per heavy atom. The van der Waals surface area contributed by atoms with Crippen LogP contribution >= 0.6 is 0 Å². The van der Waals surface area contributed by atoms with Crippen LogP contribution in [-0.4, -0.2) is 34.1 Å². The molecule has 2 aromatic rings. The summed E-state index contributed by atoms with van der Waals surface area (Å²) in [5.41, 5.74) is 1.68. The van der Waals surface area contributed by atoms with Gasteiger partial charge in [0.25, 0.3) is 5.69 Å². The number of hydrogen-bond donors (Lipinski definition) is 2. The van der Waals surface area contributed by atoms with Gasteiger partial charge in [-0.25, -0.2) is 4.98 Å². The summed E-state index contributed by atoms with van der Waals surface area (Å²) in [6.07, 6.45) is 2.42. The van der Waals surface area contributed by atoms with E-state index in [9.17, 15) is 10.1 Å². The third kappa shape index (κ3) is 5.78. The molecular formula is C19H33N5O2. The van der Waals surface area contributed by atoms with Crippen LogP contribution in [0.25, 0.3) is 11.0 Å². The van der Waals surface area contributed by atoms with Crippen molar-refractivity contribution >= 4 is 16.7 Å². The average Bonchev–Trinajstić information content (AvgIpc) is 3.01. The Balaban J connectivity index is 0.000000791. The zero-order valence-corrected chi connectivity index (χ0v) is 16.7. The molecule has 1 aliphatic heterocycles. The van der Waals surface area contributed by atoms with Crippen LogP contribution in [0.15, 0.2) is 18.2 Å². The molecule has 1 aromatic carbocycles. The molecule has 1 aromatic heterocycles. The van der Waals surface area contributed by atoms with E-state index >= 15 is 0 Å². The van der Waals surface area contributed by atoms with Gasteiger partial charge in [-0.15, -0.1) is 0 Å². The fourth-order valence-electron chi connectivity index (χ4n) is 2.98. The summed E-state index contributed by atoms with van der Waals surface area (Å²) < 4.78 is 1.99. The molecule has 0 bridgehead atoms. The van der Waals surface area contributed by atoms with E-state index in [1.165, 1.54) is 25.0 Å². The van der Waals surface area contributed by atoms with Gasteiger partial charge in [-0.1, -0.05) is 27.7 Å². The number of nitrogens with one attached hydrogen (secondary N) is 2. The van der Waals surface area contributed by atoms with Crippen molar-refractivity contribution in [2.45, 2.75) is 47.1 Å². The number of piperidine rings is 1. The van der Waals surface area contributed by atoms with Crippen LogP contribution in [0.2, 0.25) is 0 Å². The monoisotopic (exact) mass is 363 g/mol. The molecule has 0 amide bonds. The normalized spacial score (nSPS) is 14.2. The van der Waals surface area contributed by atoms with Gasteiger partial charge in [0.2, 0.25) is 0 Å². The number of benzene rings is 1. The van der Waals surface area contributed by atoms with Crippen LogP contribution in [-0.2, 0) is 13.6 Å². The maximum Gasteiger partial charge on any atom is 0.271 e. The molecule has 2 heterocycles. The first kappa shape index (κ1) is 22.1. The predicted molar refractivity (Wildman–Crippen MR) is 107 cm³/mol. The zero-order valence-electron chi connectivity index (χ0n) is 16.7. The standard InChI is InChI=1S/C15H21N5O2.2C2H6/c1-19-14-3-2-12(20(21)22)8-13(14)18-15(19)10-17-9-11-4-6-16-7-5-11;2*1-2/h2-3,8,11,16-17H,4-7,9-10H2,1H3;2*1-2H3. The second kappa shape index (κ2) is 11.6. The van der Waals surface area contributed by atoms with Gasteiger partial charge in [0.15, 0.2) is 0 Å². The number of nitrogens with zero attached hydrogens (tertiary/aromatic N) is 3. The van der Waals surface area contributed by atoms with Crippen molar-refractivity contribution in [2.75, 3.05) is 19.6 Å². The third-order valence-corrected chi connectivity index (χ3v) is 4.34. The second-order valence-electron chi connectivity index (χ2n) is 5.84. The summed E-state index contributed by atoms with van der Waals surface area (Å²) in [7, 11) is 1.95. The van der Waals surface area contributed by atoms with Crippen molar-refractivity contribution in [2.24, 2.45) is 13.0 Å². The highest BCUT2D eigenvalue weighted by molar-refractivity contribution is 5.78. The number of nitro groups is 1. The highest BCUT2D eigenvalue weighted by atomic mass is 16.6. The molecule has 1 fully saturated rings. The molecule has 1 saturated heterocycles. The fraction of sp³-hybridized carbons (Fsp3) is 0.632. The Bertz CT molecular complexity index is 678. The number of imidazole rings is 1. The summed E-state index contributed by atoms with van der Waals surface area (Å²) >= 11 is 0. The van der Waals surface area contributed by atoms with Crippen molar-refractivity contribution in [3.63, 3.8) is 0 Å². The molecule has 0 aliphatic carbocycles. The molecule has 7 heteroatoms. The number of non-ortho nitro benzene ring substituents is 1. The molecule has 0 spiro atoms. The minimum absolute atomic E-state index is 0.0832. The first-order valence-electron chi connectivity index (χ1n) is 9.66. The van der Waals surface area contributed by atoms with Gasteiger partial charge in [0, 0.05) is 19.2 Å². The fourth-order valence-corrected chi connectivity index (χ4v) is 2.98. The summed E-state index contributed by atoms with van der Waals surface area (Å²) in [6.45, 7) is 11.9. The molecule has 0 radical (unpaired) electrons. The summed E-state index contributed by atoms with van der Waals surface area (Å²) in [5.74, 6) is 1.63. The lowest BCUT2D eigenvalue weighted by molar-refractivity contribution is -0.384. The molecule has 26 heavy (non-hydrogen) atoms. The predicted octanol–water partition coefficient (Wildman–Crippen LogP) is 3.62. The zero-order chi connectivity index (χ0) is 19.5. The lowest BCUT2D eigenvalue weighted by Crippen LogP contribution is -2.33. The Hall–Kier alpha value is -1.99. The maximum atomic E-state index is 10.8. The number of aryl methyl sites for hydroxylation is 1. The van der Waals surface area contributed by atoms with Gasteiger partial charge in [-0.05, 0) is 44.5 Å². The van der Waals surface area contributed by atoms with Crippen LogP contribution in [0, 0.1) is 16.0 Å². The SMILES string of the molecule is CC.CC.Cn1c(CNCC2CCNCC2)nc2cc([N+](=O)[O-])ccc21. The van der Waals surface area contributed by atoms with E-state index in [-0.39, 0.29) is 10.6 Å². The number of fused-ring (bicyclic) bond motifs is 1. The van der Waals surface area contributed by atoms with Crippen LogP contribution in [0.4, 0.5) is 5.69 Å². The highest BCUT2D eigenvalue weighted by Crippen LogP contribution is 2.21. The molecule has 3 rings (SSSR count). The minimum atomic E-state index is -0.386. The molecule has 146 valence electrons. The topological polar surface area (TPSA) is 85.0 Å². The van der Waals surface area contributed by atoms with E-state index < -0.39 is 0 Å². The molecular weight excluding hydrogens is 330 g/mol. The molecule has 0 unspecified atom stereocenters. The lowest BCUT2D eigenvalue weighted by atomic mass is 9.98. The summed E-state index contributed by atoms with van der Waals surface area (Å²) in [4.78, 5) is 15.0. The van der Waals surface area contributed by atoms with Crippen molar-refractivity contribution < 1.29 is 4.92 Å². The van der Waals surface area contributed by atoms with Gasteiger partial charge >= 0.3 is 0 Å². The van der Waals surface area contributed by atoms with Crippen molar-refractivity contribution in [1.82, 2.24) is 20.2 Å². The minimum Gasteiger partial charge on any atom is -0.330 e. The summed E-state index contributed by atoms with van der Waals surface area (Å²) in [6, 6.07) is 4.82. The van der Waals surface area contributed by atoms with Crippen LogP contribution in [0.1, 0.15) is 46.4 Å². The first-order chi connectivity index (χ1) is 12.6. The lowest BCUT2D eigenvalue weighted by Gasteiger charge is -2.22. The quantitative estimate of drug-likeness (QED) is 0.626. The summed E-state index contributed by atoms with van der Waals surface area (Å²) in [5, 5.41) is 17.7. The number of nitro benzene ring substituents is 1. The van der Waals surface area contributed by atoms with E-state index in [1.807, 2.05) is 39.3 Å². The highest BCUT2D eigenvalue weighted by Gasteiger charge is 2.14. The second-order valence-corrected chi connectivity index (χ2v) is 5.84. The average molecular weight is 364 g/mol. The number of aromatic nitrogens is 2. The van der Waals surface area contributed by atoms with Crippen LogP contribution < -0.4 is 10.6 Å².